The minimum Gasteiger partial charge on any atom is -0.303 e. The fourth-order valence-corrected chi connectivity index (χ4v) is 2.85. The van der Waals surface area contributed by atoms with Crippen LogP contribution >= 0.6 is 0 Å². The second kappa shape index (κ2) is 7.79. The fraction of sp³-hybridized carbons (Fsp3) is 0.368. The van der Waals surface area contributed by atoms with Gasteiger partial charge in [0, 0.05) is 20.6 Å². The fourth-order valence-electron chi connectivity index (χ4n) is 2.85. The third kappa shape index (κ3) is 3.73. The zero-order valence-corrected chi connectivity index (χ0v) is 16.3. The minimum absolute atomic E-state index is 0.302. The SMILES string of the molecule is CC(C)CCn1c(NN=Cc2ccc(F)cc2)nc2c1c(=O)n(C)c(=O)n2C. The summed E-state index contributed by atoms with van der Waals surface area (Å²) in [7, 11) is 3.03. The highest BCUT2D eigenvalue weighted by Gasteiger charge is 2.19. The maximum Gasteiger partial charge on any atom is 0.332 e. The number of anilines is 1. The van der Waals surface area contributed by atoms with Crippen LogP contribution in [0, 0.1) is 11.7 Å². The van der Waals surface area contributed by atoms with Crippen LogP contribution in [-0.2, 0) is 20.6 Å². The number of fused-ring (bicyclic) bond motifs is 1. The standard InChI is InChI=1S/C19H23FN6O2/c1-12(2)9-10-26-15-16(24(3)19(28)25(4)17(15)27)22-18(26)23-21-11-13-5-7-14(20)8-6-13/h5-8,11-12H,9-10H2,1-4H3,(H,22,23). The second-order valence-electron chi connectivity index (χ2n) is 7.07. The lowest BCUT2D eigenvalue weighted by Gasteiger charge is -2.10. The molecule has 0 aliphatic heterocycles. The average Bonchev–Trinajstić information content (AvgIpc) is 3.03. The first kappa shape index (κ1) is 19.5. The Balaban J connectivity index is 2.05. The van der Waals surface area contributed by atoms with Crippen LogP contribution in [0.1, 0.15) is 25.8 Å². The number of halogens is 1. The lowest BCUT2D eigenvalue weighted by Crippen LogP contribution is -2.37. The van der Waals surface area contributed by atoms with Gasteiger partial charge in [0.1, 0.15) is 5.82 Å². The van der Waals surface area contributed by atoms with E-state index in [1.54, 1.807) is 23.7 Å². The highest BCUT2D eigenvalue weighted by molar-refractivity contribution is 5.80. The molecule has 2 heterocycles. The molecule has 0 radical (unpaired) electrons. The van der Waals surface area contributed by atoms with E-state index in [2.05, 4.69) is 29.4 Å². The zero-order chi connectivity index (χ0) is 20.4. The van der Waals surface area contributed by atoms with Gasteiger partial charge in [-0.1, -0.05) is 26.0 Å². The number of rotatable bonds is 6. The molecule has 28 heavy (non-hydrogen) atoms. The smallest absolute Gasteiger partial charge is 0.303 e. The van der Waals surface area contributed by atoms with Gasteiger partial charge >= 0.3 is 5.69 Å². The molecule has 0 unspecified atom stereocenters. The van der Waals surface area contributed by atoms with E-state index in [-0.39, 0.29) is 5.82 Å². The van der Waals surface area contributed by atoms with Gasteiger partial charge in [0.25, 0.3) is 5.56 Å². The molecule has 0 saturated carbocycles. The van der Waals surface area contributed by atoms with Crippen molar-refractivity contribution in [2.45, 2.75) is 26.8 Å². The van der Waals surface area contributed by atoms with E-state index in [4.69, 9.17) is 0 Å². The van der Waals surface area contributed by atoms with Gasteiger partial charge < -0.3 is 4.57 Å². The Morgan fingerprint density at radius 2 is 1.86 bits per heavy atom. The van der Waals surface area contributed by atoms with Crippen molar-refractivity contribution in [2.24, 2.45) is 25.1 Å². The molecule has 0 aliphatic carbocycles. The van der Waals surface area contributed by atoms with Crippen molar-refractivity contribution < 1.29 is 4.39 Å². The van der Waals surface area contributed by atoms with E-state index in [1.807, 2.05) is 0 Å². The van der Waals surface area contributed by atoms with Gasteiger partial charge in [-0.15, -0.1) is 0 Å². The van der Waals surface area contributed by atoms with Crippen molar-refractivity contribution in [3.8, 4) is 0 Å². The Morgan fingerprint density at radius 3 is 2.50 bits per heavy atom. The molecular formula is C19H23FN6O2. The van der Waals surface area contributed by atoms with Crippen molar-refractivity contribution in [3.05, 3.63) is 56.5 Å². The van der Waals surface area contributed by atoms with Crippen LogP contribution in [0.5, 0.6) is 0 Å². The minimum atomic E-state index is -0.438. The predicted octanol–water partition coefficient (Wildman–Crippen LogP) is 2.06. The molecule has 0 atom stereocenters. The maximum atomic E-state index is 13.0. The molecule has 0 saturated heterocycles. The van der Waals surface area contributed by atoms with E-state index in [0.29, 0.717) is 35.1 Å². The van der Waals surface area contributed by atoms with Crippen molar-refractivity contribution in [1.29, 1.82) is 0 Å². The Kier molecular flexibility index (Phi) is 5.43. The van der Waals surface area contributed by atoms with Crippen molar-refractivity contribution in [2.75, 3.05) is 5.43 Å². The normalized spacial score (nSPS) is 11.8. The van der Waals surface area contributed by atoms with Crippen LogP contribution in [0.25, 0.3) is 11.2 Å². The van der Waals surface area contributed by atoms with Crippen molar-refractivity contribution in [1.82, 2.24) is 18.7 Å². The molecule has 9 heteroatoms. The molecule has 8 nitrogen and oxygen atoms in total. The van der Waals surface area contributed by atoms with Crippen molar-refractivity contribution in [3.63, 3.8) is 0 Å². The number of nitrogens with zero attached hydrogens (tertiary/aromatic N) is 5. The summed E-state index contributed by atoms with van der Waals surface area (Å²) in [6.07, 6.45) is 2.36. The van der Waals surface area contributed by atoms with Gasteiger partial charge in [-0.2, -0.15) is 10.1 Å². The molecule has 3 rings (SSSR count). The number of imidazole rings is 1. The molecule has 1 aromatic carbocycles. The molecule has 1 N–H and O–H groups in total. The summed E-state index contributed by atoms with van der Waals surface area (Å²) in [6.45, 7) is 4.73. The van der Waals surface area contributed by atoms with Gasteiger partial charge in [-0.3, -0.25) is 13.9 Å². The lowest BCUT2D eigenvalue weighted by atomic mass is 10.1. The zero-order valence-electron chi connectivity index (χ0n) is 16.3. The first-order valence-corrected chi connectivity index (χ1v) is 9.00. The maximum absolute atomic E-state index is 13.0. The molecule has 0 amide bonds. The summed E-state index contributed by atoms with van der Waals surface area (Å²) in [5, 5.41) is 4.15. The molecule has 0 aliphatic rings. The number of nitrogens with one attached hydrogen (secondary N) is 1. The number of hydrogen-bond acceptors (Lipinski definition) is 5. The Labute approximate surface area is 160 Å². The Morgan fingerprint density at radius 1 is 1.18 bits per heavy atom. The van der Waals surface area contributed by atoms with Gasteiger partial charge in [0.05, 0.1) is 6.21 Å². The molecule has 0 spiro atoms. The number of hydrogen-bond donors (Lipinski definition) is 1. The molecule has 2 aromatic heterocycles. The largest absolute Gasteiger partial charge is 0.332 e. The van der Waals surface area contributed by atoms with Crippen molar-refractivity contribution >= 4 is 23.3 Å². The van der Waals surface area contributed by atoms with E-state index >= 15 is 0 Å². The van der Waals surface area contributed by atoms with E-state index < -0.39 is 11.2 Å². The number of aryl methyl sites for hydroxylation is 2. The highest BCUT2D eigenvalue weighted by atomic mass is 19.1. The topological polar surface area (TPSA) is 86.2 Å². The van der Waals surface area contributed by atoms with Gasteiger partial charge in [0.2, 0.25) is 5.95 Å². The van der Waals surface area contributed by atoms with Crippen LogP contribution in [0.2, 0.25) is 0 Å². The first-order valence-electron chi connectivity index (χ1n) is 9.00. The van der Waals surface area contributed by atoms with Gasteiger partial charge in [-0.25, -0.2) is 14.6 Å². The van der Waals surface area contributed by atoms with Crippen LogP contribution in [0.15, 0.2) is 39.0 Å². The average molecular weight is 386 g/mol. The molecule has 3 aromatic rings. The molecule has 148 valence electrons. The monoisotopic (exact) mass is 386 g/mol. The molecule has 0 fully saturated rings. The second-order valence-corrected chi connectivity index (χ2v) is 7.07. The van der Waals surface area contributed by atoms with Gasteiger partial charge in [0.15, 0.2) is 11.2 Å². The van der Waals surface area contributed by atoms with E-state index in [9.17, 15) is 14.0 Å². The van der Waals surface area contributed by atoms with Crippen LogP contribution in [-0.4, -0.2) is 24.9 Å². The molecule has 0 bridgehead atoms. The first-order chi connectivity index (χ1) is 13.3. The number of benzene rings is 1. The van der Waals surface area contributed by atoms with Crippen LogP contribution in [0.3, 0.4) is 0 Å². The van der Waals surface area contributed by atoms with Crippen LogP contribution < -0.4 is 16.7 Å². The summed E-state index contributed by atoms with van der Waals surface area (Å²) in [5.41, 5.74) is 3.38. The lowest BCUT2D eigenvalue weighted by molar-refractivity contribution is 0.524. The van der Waals surface area contributed by atoms with Crippen LogP contribution in [0.4, 0.5) is 10.3 Å². The van der Waals surface area contributed by atoms with Gasteiger partial charge in [-0.05, 0) is 30.0 Å². The quantitative estimate of drug-likeness (QED) is 0.519. The Bertz CT molecular complexity index is 1140. The summed E-state index contributed by atoms with van der Waals surface area (Å²) in [5.74, 6) is 0.467. The van der Waals surface area contributed by atoms with E-state index in [1.165, 1.54) is 30.0 Å². The molecular weight excluding hydrogens is 363 g/mol. The summed E-state index contributed by atoms with van der Waals surface area (Å²) >= 11 is 0. The number of aromatic nitrogens is 4. The third-order valence-electron chi connectivity index (χ3n) is 4.53. The van der Waals surface area contributed by atoms with E-state index in [0.717, 1.165) is 11.0 Å². The summed E-state index contributed by atoms with van der Waals surface area (Å²) in [4.78, 5) is 29.3. The summed E-state index contributed by atoms with van der Waals surface area (Å²) in [6, 6.07) is 5.89. The predicted molar refractivity (Wildman–Crippen MR) is 107 cm³/mol. The number of hydrazone groups is 1. The Hall–Kier alpha value is -3.23. The third-order valence-corrected chi connectivity index (χ3v) is 4.53. The summed E-state index contributed by atoms with van der Waals surface area (Å²) < 4.78 is 17.2. The highest BCUT2D eigenvalue weighted by Crippen LogP contribution is 2.17.